The van der Waals surface area contributed by atoms with E-state index in [-0.39, 0.29) is 10.0 Å². The maximum absolute atomic E-state index is 3.58. The minimum atomic E-state index is 0.132. The van der Waals surface area contributed by atoms with Gasteiger partial charge in [0.2, 0.25) is 0 Å². The van der Waals surface area contributed by atoms with Crippen molar-refractivity contribution in [1.29, 1.82) is 0 Å². The van der Waals surface area contributed by atoms with Gasteiger partial charge in [0.25, 0.3) is 0 Å². The van der Waals surface area contributed by atoms with Gasteiger partial charge >= 0.3 is 4.50 Å². The van der Waals surface area contributed by atoms with Crippen LogP contribution in [0.2, 0.25) is 0 Å². The first-order chi connectivity index (χ1) is 6.91. The highest BCUT2D eigenvalue weighted by Crippen LogP contribution is 2.24. The van der Waals surface area contributed by atoms with Gasteiger partial charge < -0.3 is 4.81 Å². The summed E-state index contributed by atoms with van der Waals surface area (Å²) in [5.41, 5.74) is 1.46. The lowest BCUT2D eigenvalue weighted by atomic mass is 9.99. The summed E-state index contributed by atoms with van der Waals surface area (Å²) in [6.07, 6.45) is 0. The summed E-state index contributed by atoms with van der Waals surface area (Å²) in [5, 5.41) is 0. The van der Waals surface area contributed by atoms with E-state index in [0.717, 1.165) is 6.54 Å². The lowest BCUT2D eigenvalue weighted by Crippen LogP contribution is -2.45. The Hall–Kier alpha value is 0.205. The number of halogens is 2. The van der Waals surface area contributed by atoms with Gasteiger partial charge in [-0.1, -0.05) is 30.3 Å². The first kappa shape index (κ1) is 13.3. The molecule has 0 radical (unpaired) electrons. The highest BCUT2D eigenvalue weighted by Gasteiger charge is 2.28. The van der Waals surface area contributed by atoms with Crippen LogP contribution in [-0.4, -0.2) is 14.8 Å². The summed E-state index contributed by atoms with van der Waals surface area (Å²) in [6.45, 7) is 7.58. The third-order valence-corrected chi connectivity index (χ3v) is 3.28. The van der Waals surface area contributed by atoms with Gasteiger partial charge in [-0.15, -0.1) is 31.5 Å². The standard InChI is InChI=1S/C11H16BBr2N/c1-11(2,3)15(12(13)14)9-10-7-5-4-6-8-10/h4-8H,9H2,1-3H3. The van der Waals surface area contributed by atoms with Crippen LogP contribution < -0.4 is 0 Å². The van der Waals surface area contributed by atoms with Crippen LogP contribution >= 0.6 is 31.5 Å². The zero-order chi connectivity index (χ0) is 11.5. The molecule has 0 bridgehead atoms. The third-order valence-electron chi connectivity index (χ3n) is 2.29. The highest BCUT2D eigenvalue weighted by molar-refractivity contribution is 9.48. The lowest BCUT2D eigenvalue weighted by molar-refractivity contribution is 0.250. The fraction of sp³-hybridized carbons (Fsp3) is 0.455. The van der Waals surface area contributed by atoms with E-state index in [9.17, 15) is 0 Å². The zero-order valence-electron chi connectivity index (χ0n) is 9.37. The fourth-order valence-electron chi connectivity index (χ4n) is 1.38. The maximum Gasteiger partial charge on any atom is 0.380 e. The lowest BCUT2D eigenvalue weighted by Gasteiger charge is -2.36. The predicted octanol–water partition coefficient (Wildman–Crippen LogP) is 4.06. The van der Waals surface area contributed by atoms with Crippen LogP contribution in [0.15, 0.2) is 30.3 Å². The fourth-order valence-corrected chi connectivity index (χ4v) is 2.90. The summed E-state index contributed by atoms with van der Waals surface area (Å²) >= 11 is 7.15. The number of benzene rings is 1. The Morgan fingerprint density at radius 1 is 1.13 bits per heavy atom. The molecule has 0 heterocycles. The quantitative estimate of drug-likeness (QED) is 0.754. The number of nitrogens with zero attached hydrogens (tertiary/aromatic N) is 1. The molecule has 1 aromatic carbocycles. The van der Waals surface area contributed by atoms with Crippen molar-refractivity contribution >= 4 is 36.0 Å². The Morgan fingerprint density at radius 3 is 2.07 bits per heavy atom. The molecule has 0 aromatic heterocycles. The molecule has 82 valence electrons. The predicted molar refractivity (Wildman–Crippen MR) is 75.3 cm³/mol. The van der Waals surface area contributed by atoms with E-state index in [1.165, 1.54) is 5.56 Å². The molecule has 0 atom stereocenters. The van der Waals surface area contributed by atoms with Crippen molar-refractivity contribution in [2.45, 2.75) is 32.9 Å². The van der Waals surface area contributed by atoms with Crippen LogP contribution in [0, 0.1) is 0 Å². The highest BCUT2D eigenvalue weighted by atomic mass is 79.9. The molecule has 0 saturated carbocycles. The van der Waals surface area contributed by atoms with E-state index >= 15 is 0 Å². The second-order valence-corrected chi connectivity index (χ2v) is 7.53. The molecule has 15 heavy (non-hydrogen) atoms. The second kappa shape index (κ2) is 5.51. The minimum absolute atomic E-state index is 0.132. The van der Waals surface area contributed by atoms with Gasteiger partial charge in [-0.3, -0.25) is 0 Å². The number of rotatable bonds is 3. The normalized spacial score (nSPS) is 11.9. The Kier molecular flexibility index (Phi) is 4.87. The van der Waals surface area contributed by atoms with Crippen molar-refractivity contribution in [3.05, 3.63) is 35.9 Å². The Bertz CT molecular complexity index is 295. The van der Waals surface area contributed by atoms with Crippen molar-refractivity contribution in [2.24, 2.45) is 0 Å². The second-order valence-electron chi connectivity index (χ2n) is 4.56. The molecule has 0 aliphatic heterocycles. The summed E-state index contributed by atoms with van der Waals surface area (Å²) < 4.78 is 0.199. The van der Waals surface area contributed by atoms with Gasteiger partial charge in [-0.25, -0.2) is 0 Å². The largest absolute Gasteiger partial charge is 0.380 e. The zero-order valence-corrected chi connectivity index (χ0v) is 12.5. The van der Waals surface area contributed by atoms with Gasteiger partial charge in [0, 0.05) is 12.1 Å². The smallest absolute Gasteiger partial charge is 0.314 e. The summed E-state index contributed by atoms with van der Waals surface area (Å²) in [5.74, 6) is 0. The average molecular weight is 333 g/mol. The first-order valence-corrected chi connectivity index (χ1v) is 6.83. The van der Waals surface area contributed by atoms with Crippen LogP contribution in [0.25, 0.3) is 0 Å². The topological polar surface area (TPSA) is 3.24 Å². The van der Waals surface area contributed by atoms with E-state index in [1.807, 2.05) is 6.07 Å². The average Bonchev–Trinajstić information content (AvgIpc) is 2.13. The summed E-state index contributed by atoms with van der Waals surface area (Å²) in [7, 11) is 0. The molecule has 0 fully saturated rings. The molecule has 1 nitrogen and oxygen atoms in total. The molecule has 0 saturated heterocycles. The van der Waals surface area contributed by atoms with E-state index in [4.69, 9.17) is 0 Å². The van der Waals surface area contributed by atoms with E-state index in [1.54, 1.807) is 0 Å². The molecule has 1 rings (SSSR count). The van der Waals surface area contributed by atoms with Gasteiger partial charge in [0.05, 0.1) is 0 Å². The van der Waals surface area contributed by atoms with E-state index in [0.29, 0.717) is 0 Å². The molecule has 0 N–H and O–H groups in total. The molecule has 0 aliphatic carbocycles. The van der Waals surface area contributed by atoms with E-state index < -0.39 is 0 Å². The maximum atomic E-state index is 3.58. The van der Waals surface area contributed by atoms with Crippen LogP contribution in [0.4, 0.5) is 0 Å². The van der Waals surface area contributed by atoms with E-state index in [2.05, 4.69) is 81.4 Å². The van der Waals surface area contributed by atoms with Crippen molar-refractivity contribution in [2.75, 3.05) is 0 Å². The van der Waals surface area contributed by atoms with Crippen molar-refractivity contribution in [3.8, 4) is 0 Å². The summed E-state index contributed by atoms with van der Waals surface area (Å²) in [6, 6.07) is 10.5. The van der Waals surface area contributed by atoms with Crippen LogP contribution in [0.1, 0.15) is 26.3 Å². The molecule has 1 aromatic rings. The molecule has 0 aliphatic rings. The van der Waals surface area contributed by atoms with Crippen molar-refractivity contribution in [1.82, 2.24) is 4.81 Å². The molecular formula is C11H16BBr2N. The molecule has 0 amide bonds. The van der Waals surface area contributed by atoms with Crippen molar-refractivity contribution < 1.29 is 0 Å². The first-order valence-electron chi connectivity index (χ1n) is 5.00. The number of hydrogen-bond donors (Lipinski definition) is 0. The Labute approximate surface area is 109 Å². The molecular weight excluding hydrogens is 317 g/mol. The van der Waals surface area contributed by atoms with Gasteiger partial charge in [0.1, 0.15) is 0 Å². The number of hydrogen-bond acceptors (Lipinski definition) is 1. The summed E-state index contributed by atoms with van der Waals surface area (Å²) in [4.78, 5) is 2.35. The Balaban J connectivity index is 2.77. The van der Waals surface area contributed by atoms with Crippen molar-refractivity contribution in [3.63, 3.8) is 0 Å². The van der Waals surface area contributed by atoms with Gasteiger partial charge in [0.15, 0.2) is 0 Å². The molecule has 0 unspecified atom stereocenters. The van der Waals surface area contributed by atoms with Gasteiger partial charge in [-0.2, -0.15) is 0 Å². The molecule has 0 spiro atoms. The minimum Gasteiger partial charge on any atom is -0.314 e. The van der Waals surface area contributed by atoms with Crippen LogP contribution in [-0.2, 0) is 6.54 Å². The van der Waals surface area contributed by atoms with Crippen LogP contribution in [0.5, 0.6) is 0 Å². The SMILES string of the molecule is CC(C)(C)N(Cc1ccccc1)B(Br)Br. The monoisotopic (exact) mass is 331 g/mol. The Morgan fingerprint density at radius 2 is 1.67 bits per heavy atom. The van der Waals surface area contributed by atoms with Gasteiger partial charge in [-0.05, 0) is 26.3 Å². The third kappa shape index (κ3) is 4.29. The van der Waals surface area contributed by atoms with Crippen LogP contribution in [0.3, 0.4) is 0 Å². The molecule has 4 heteroatoms.